The van der Waals surface area contributed by atoms with E-state index < -0.39 is 10.2 Å². The number of aliphatic hydroxyl groups is 1. The second-order valence-electron chi connectivity index (χ2n) is 2.90. The number of hydrogen-bond acceptors (Lipinski definition) is 4. The lowest BCUT2D eigenvalue weighted by Crippen LogP contribution is -2.30. The summed E-state index contributed by atoms with van der Waals surface area (Å²) in [6.07, 6.45) is 0.401. The Labute approximate surface area is 98.5 Å². The monoisotopic (exact) mass is 260 g/mol. The van der Waals surface area contributed by atoms with Gasteiger partial charge < -0.3 is 5.11 Å². The second-order valence-corrected chi connectivity index (χ2v) is 5.28. The zero-order valence-electron chi connectivity index (χ0n) is 8.43. The lowest BCUT2D eigenvalue weighted by atomic mass is 10.2. The average Bonchev–Trinajstić information content (AvgIpc) is 2.62. The van der Waals surface area contributed by atoms with E-state index >= 15 is 0 Å². The number of aliphatic hydroxyl groups excluding tert-OH is 1. The van der Waals surface area contributed by atoms with Crippen molar-refractivity contribution in [1.82, 2.24) is 4.72 Å². The molecule has 0 saturated carbocycles. The van der Waals surface area contributed by atoms with Gasteiger partial charge in [-0.05, 0) is 11.4 Å². The van der Waals surface area contributed by atoms with Gasteiger partial charge in [-0.25, -0.2) is 5.14 Å². The highest BCUT2D eigenvalue weighted by Gasteiger charge is 2.05. The van der Waals surface area contributed by atoms with Gasteiger partial charge in [-0.3, -0.25) is 0 Å². The van der Waals surface area contributed by atoms with Crippen molar-refractivity contribution in [3.8, 4) is 11.8 Å². The molecule has 0 atom stereocenters. The van der Waals surface area contributed by atoms with E-state index in [-0.39, 0.29) is 13.2 Å². The van der Waals surface area contributed by atoms with Gasteiger partial charge in [0, 0.05) is 23.4 Å². The van der Waals surface area contributed by atoms with Crippen LogP contribution in [0.4, 0.5) is 0 Å². The number of nitrogens with one attached hydrogen (secondary N) is 1. The van der Waals surface area contributed by atoms with Crippen LogP contribution in [0.1, 0.15) is 16.9 Å². The Bertz CT molecular complexity index is 496. The Kier molecular flexibility index (Phi) is 4.92. The van der Waals surface area contributed by atoms with Crippen LogP contribution in [0.25, 0.3) is 0 Å². The van der Waals surface area contributed by atoms with Crippen LogP contribution in [0.2, 0.25) is 0 Å². The van der Waals surface area contributed by atoms with Crippen molar-refractivity contribution in [1.29, 1.82) is 0 Å². The highest BCUT2D eigenvalue weighted by molar-refractivity contribution is 7.87. The van der Waals surface area contributed by atoms with Crippen LogP contribution in [0, 0.1) is 11.8 Å². The van der Waals surface area contributed by atoms with Gasteiger partial charge >= 0.3 is 0 Å². The first-order valence-electron chi connectivity index (χ1n) is 4.46. The first-order valence-corrected chi connectivity index (χ1v) is 6.89. The van der Waals surface area contributed by atoms with Crippen LogP contribution in [0.5, 0.6) is 0 Å². The van der Waals surface area contributed by atoms with E-state index in [9.17, 15) is 8.42 Å². The van der Waals surface area contributed by atoms with Crippen molar-refractivity contribution in [2.75, 3.05) is 6.61 Å². The van der Waals surface area contributed by atoms with Crippen molar-refractivity contribution < 1.29 is 13.5 Å². The van der Waals surface area contributed by atoms with Crippen LogP contribution in [0.3, 0.4) is 0 Å². The zero-order valence-corrected chi connectivity index (χ0v) is 10.1. The van der Waals surface area contributed by atoms with Crippen LogP contribution in [-0.2, 0) is 16.8 Å². The molecule has 0 bridgehead atoms. The summed E-state index contributed by atoms with van der Waals surface area (Å²) in [4.78, 5) is 0.805. The third-order valence-electron chi connectivity index (χ3n) is 1.64. The topological polar surface area (TPSA) is 92.4 Å². The van der Waals surface area contributed by atoms with Crippen LogP contribution >= 0.6 is 11.3 Å². The van der Waals surface area contributed by atoms with Crippen molar-refractivity contribution in [2.45, 2.75) is 13.0 Å². The van der Waals surface area contributed by atoms with E-state index in [1.165, 1.54) is 11.3 Å². The Morgan fingerprint density at radius 3 is 2.94 bits per heavy atom. The van der Waals surface area contributed by atoms with Crippen molar-refractivity contribution >= 4 is 21.5 Å². The minimum atomic E-state index is -3.67. The third kappa shape index (κ3) is 4.74. The van der Waals surface area contributed by atoms with Crippen LogP contribution in [0.15, 0.2) is 11.4 Å². The van der Waals surface area contributed by atoms with Gasteiger partial charge in [-0.1, -0.05) is 11.8 Å². The Hall–Kier alpha value is -0.910. The predicted octanol–water partition coefficient (Wildman–Crippen LogP) is -0.225. The molecular formula is C9H12N2O3S2. The fourth-order valence-electron chi connectivity index (χ4n) is 0.969. The van der Waals surface area contributed by atoms with Gasteiger partial charge in [-0.2, -0.15) is 13.1 Å². The van der Waals surface area contributed by atoms with E-state index in [1.807, 2.05) is 5.38 Å². The van der Waals surface area contributed by atoms with E-state index in [0.717, 1.165) is 10.4 Å². The molecule has 0 aromatic carbocycles. The lowest BCUT2D eigenvalue weighted by molar-refractivity contribution is 0.305. The van der Waals surface area contributed by atoms with E-state index in [4.69, 9.17) is 10.2 Å². The molecule has 1 aromatic rings. The summed E-state index contributed by atoms with van der Waals surface area (Å²) >= 11 is 1.40. The molecule has 0 aliphatic heterocycles. The summed E-state index contributed by atoms with van der Waals surface area (Å²) in [5, 5.41) is 15.2. The second kappa shape index (κ2) is 5.98. The zero-order chi connectivity index (χ0) is 12.0. The Morgan fingerprint density at radius 2 is 2.31 bits per heavy atom. The molecular weight excluding hydrogens is 248 g/mol. The standard InChI is InChI=1S/C9H12N2O3S2/c10-16(13,14)11-7-9-8(4-6-15-9)3-1-2-5-12/h4,6,11-12H,2,5,7H2,(H2,10,13,14). The fourth-order valence-corrected chi connectivity index (χ4v) is 2.18. The van der Waals surface area contributed by atoms with Gasteiger partial charge in [0.05, 0.1) is 6.61 Å². The van der Waals surface area contributed by atoms with E-state index in [1.54, 1.807) is 6.07 Å². The summed E-state index contributed by atoms with van der Waals surface area (Å²) in [6.45, 7) is 0.154. The van der Waals surface area contributed by atoms with Gasteiger partial charge in [0.2, 0.25) is 0 Å². The molecule has 0 aliphatic carbocycles. The minimum absolute atomic E-state index is 0.0158. The highest BCUT2D eigenvalue weighted by Crippen LogP contribution is 2.15. The molecule has 0 saturated heterocycles. The molecule has 16 heavy (non-hydrogen) atoms. The van der Waals surface area contributed by atoms with Gasteiger partial charge in [0.15, 0.2) is 0 Å². The normalized spacial score (nSPS) is 10.9. The molecule has 0 aliphatic rings. The molecule has 0 fully saturated rings. The lowest BCUT2D eigenvalue weighted by Gasteiger charge is -1.99. The molecule has 1 aromatic heterocycles. The first-order chi connectivity index (χ1) is 7.53. The number of rotatable bonds is 4. The van der Waals surface area contributed by atoms with Crippen LogP contribution in [-0.4, -0.2) is 20.1 Å². The summed E-state index contributed by atoms with van der Waals surface area (Å²) in [5.41, 5.74) is 0.759. The molecule has 5 nitrogen and oxygen atoms in total. The molecule has 0 amide bonds. The van der Waals surface area contributed by atoms with E-state index in [0.29, 0.717) is 6.42 Å². The van der Waals surface area contributed by atoms with Crippen molar-refractivity contribution in [2.24, 2.45) is 5.14 Å². The summed E-state index contributed by atoms with van der Waals surface area (Å²) < 4.78 is 23.6. The van der Waals surface area contributed by atoms with Gasteiger partial charge in [0.1, 0.15) is 0 Å². The number of thiophene rings is 1. The maximum Gasteiger partial charge on any atom is 0.274 e. The maximum atomic E-state index is 10.7. The minimum Gasteiger partial charge on any atom is -0.395 e. The number of hydrogen-bond donors (Lipinski definition) is 3. The Morgan fingerprint density at radius 1 is 1.56 bits per heavy atom. The maximum absolute atomic E-state index is 10.7. The van der Waals surface area contributed by atoms with Crippen LogP contribution < -0.4 is 9.86 Å². The summed E-state index contributed by atoms with van der Waals surface area (Å²) in [5.74, 6) is 5.63. The smallest absolute Gasteiger partial charge is 0.274 e. The van der Waals surface area contributed by atoms with Crippen molar-refractivity contribution in [3.63, 3.8) is 0 Å². The third-order valence-corrected chi connectivity index (χ3v) is 3.11. The van der Waals surface area contributed by atoms with E-state index in [2.05, 4.69) is 16.6 Å². The largest absolute Gasteiger partial charge is 0.395 e. The number of nitrogens with two attached hydrogens (primary N) is 1. The summed E-state index contributed by atoms with van der Waals surface area (Å²) in [7, 11) is -3.67. The molecule has 0 radical (unpaired) electrons. The molecule has 1 heterocycles. The average molecular weight is 260 g/mol. The molecule has 0 unspecified atom stereocenters. The summed E-state index contributed by atoms with van der Waals surface area (Å²) in [6, 6.07) is 1.80. The highest BCUT2D eigenvalue weighted by atomic mass is 32.2. The SMILES string of the molecule is NS(=O)(=O)NCc1sccc1C#CCCO. The molecule has 1 rings (SSSR count). The molecule has 7 heteroatoms. The predicted molar refractivity (Wildman–Crippen MR) is 62.8 cm³/mol. The van der Waals surface area contributed by atoms with Crippen molar-refractivity contribution in [3.05, 3.63) is 21.9 Å². The molecule has 0 spiro atoms. The quantitative estimate of drug-likeness (QED) is 0.653. The Balaban J connectivity index is 2.69. The molecule has 4 N–H and O–H groups in total. The van der Waals surface area contributed by atoms with Gasteiger partial charge in [0.25, 0.3) is 10.2 Å². The fraction of sp³-hybridized carbons (Fsp3) is 0.333. The first kappa shape index (κ1) is 13.2. The molecule has 88 valence electrons. The van der Waals surface area contributed by atoms with Gasteiger partial charge in [-0.15, -0.1) is 11.3 Å².